The molecule has 0 unspecified atom stereocenters. The van der Waals surface area contributed by atoms with Crippen LogP contribution >= 0.6 is 15.9 Å². The summed E-state index contributed by atoms with van der Waals surface area (Å²) in [6.45, 7) is 0.453. The lowest BCUT2D eigenvalue weighted by molar-refractivity contribution is -0.134. The van der Waals surface area contributed by atoms with Gasteiger partial charge in [0.15, 0.2) is 0 Å². The Labute approximate surface area is 172 Å². The molecular weight excluding hydrogens is 418 g/mol. The van der Waals surface area contributed by atoms with Crippen molar-refractivity contribution in [2.45, 2.75) is 12.8 Å². The Balaban J connectivity index is 1.44. The Bertz CT molecular complexity index is 959. The van der Waals surface area contributed by atoms with Gasteiger partial charge in [0.05, 0.1) is 18.2 Å². The van der Waals surface area contributed by atoms with Crippen molar-refractivity contribution in [1.82, 2.24) is 0 Å². The van der Waals surface area contributed by atoms with E-state index in [1.54, 1.807) is 24.3 Å². The van der Waals surface area contributed by atoms with Gasteiger partial charge in [0, 0.05) is 10.9 Å². The Morgan fingerprint density at radius 1 is 0.857 bits per heavy atom. The van der Waals surface area contributed by atoms with Gasteiger partial charge in [0.2, 0.25) is 0 Å². The zero-order valence-corrected chi connectivity index (χ0v) is 16.7. The smallest absolute Gasteiger partial charge is 0.311 e. The van der Waals surface area contributed by atoms with Crippen LogP contribution in [0.2, 0.25) is 0 Å². The van der Waals surface area contributed by atoms with Crippen molar-refractivity contribution in [2.75, 3.05) is 6.61 Å². The molecule has 3 aromatic rings. The fourth-order valence-electron chi connectivity index (χ4n) is 2.57. The summed E-state index contributed by atoms with van der Waals surface area (Å²) in [7, 11) is 0. The molecule has 0 spiro atoms. The number of nitriles is 1. The SMILES string of the molecule is N#Cc1ccc(-c2ccc(OC(=O)CCCOc3ccc(Br)cc3)cc2)cc1. The molecule has 0 aromatic heterocycles. The van der Waals surface area contributed by atoms with E-state index in [4.69, 9.17) is 14.7 Å². The van der Waals surface area contributed by atoms with Crippen molar-refractivity contribution in [3.8, 4) is 28.7 Å². The third kappa shape index (κ3) is 5.70. The summed E-state index contributed by atoms with van der Waals surface area (Å²) in [4.78, 5) is 12.0. The van der Waals surface area contributed by atoms with Gasteiger partial charge in [-0.05, 0) is 66.1 Å². The summed E-state index contributed by atoms with van der Waals surface area (Å²) in [5, 5.41) is 8.86. The molecule has 0 bridgehead atoms. The highest BCUT2D eigenvalue weighted by atomic mass is 79.9. The second kappa shape index (κ2) is 9.72. The van der Waals surface area contributed by atoms with Crippen LogP contribution in [0.1, 0.15) is 18.4 Å². The molecule has 4 nitrogen and oxygen atoms in total. The summed E-state index contributed by atoms with van der Waals surface area (Å²) in [6, 6.07) is 24.3. The van der Waals surface area contributed by atoms with E-state index in [9.17, 15) is 4.79 Å². The van der Waals surface area contributed by atoms with E-state index in [0.717, 1.165) is 21.3 Å². The number of hydrogen-bond acceptors (Lipinski definition) is 4. The van der Waals surface area contributed by atoms with Gasteiger partial charge < -0.3 is 9.47 Å². The van der Waals surface area contributed by atoms with E-state index in [-0.39, 0.29) is 12.4 Å². The van der Waals surface area contributed by atoms with E-state index in [0.29, 0.717) is 24.3 Å². The van der Waals surface area contributed by atoms with Crippen LogP contribution in [-0.2, 0) is 4.79 Å². The van der Waals surface area contributed by atoms with Gasteiger partial charge in [-0.15, -0.1) is 0 Å². The molecule has 0 aliphatic carbocycles. The Hall–Kier alpha value is -3.10. The molecule has 0 N–H and O–H groups in total. The lowest BCUT2D eigenvalue weighted by atomic mass is 10.0. The number of halogens is 1. The van der Waals surface area contributed by atoms with Gasteiger partial charge in [0.25, 0.3) is 0 Å². The highest BCUT2D eigenvalue weighted by molar-refractivity contribution is 9.10. The van der Waals surface area contributed by atoms with Crippen LogP contribution in [0.25, 0.3) is 11.1 Å². The second-order valence-electron chi connectivity index (χ2n) is 6.09. The quantitative estimate of drug-likeness (QED) is 0.269. The number of carbonyl (C=O) groups is 1. The molecule has 5 heteroatoms. The predicted molar refractivity (Wildman–Crippen MR) is 111 cm³/mol. The van der Waals surface area contributed by atoms with Gasteiger partial charge in [-0.3, -0.25) is 4.79 Å². The first-order valence-electron chi connectivity index (χ1n) is 8.84. The minimum atomic E-state index is -0.287. The van der Waals surface area contributed by atoms with Gasteiger partial charge >= 0.3 is 5.97 Å². The topological polar surface area (TPSA) is 59.3 Å². The fraction of sp³-hybridized carbons (Fsp3) is 0.130. The number of ether oxygens (including phenoxy) is 2. The molecule has 0 saturated heterocycles. The van der Waals surface area contributed by atoms with Crippen molar-refractivity contribution in [1.29, 1.82) is 5.26 Å². The van der Waals surface area contributed by atoms with Crippen molar-refractivity contribution in [3.63, 3.8) is 0 Å². The average Bonchev–Trinajstić information content (AvgIpc) is 2.73. The summed E-state index contributed by atoms with van der Waals surface area (Å²) in [6.07, 6.45) is 0.867. The number of benzene rings is 3. The zero-order chi connectivity index (χ0) is 19.8. The average molecular weight is 436 g/mol. The standard InChI is InChI=1S/C23H18BrNO3/c24-20-9-13-21(14-10-20)27-15-1-2-23(26)28-22-11-7-19(8-12-22)18-5-3-17(16-25)4-6-18/h3-14H,1-2,15H2. The first-order valence-corrected chi connectivity index (χ1v) is 9.63. The van der Waals surface area contributed by atoms with Crippen molar-refractivity contribution < 1.29 is 14.3 Å². The molecule has 28 heavy (non-hydrogen) atoms. The number of esters is 1. The Morgan fingerprint density at radius 3 is 2.04 bits per heavy atom. The number of hydrogen-bond donors (Lipinski definition) is 0. The van der Waals surface area contributed by atoms with E-state index in [1.807, 2.05) is 48.5 Å². The van der Waals surface area contributed by atoms with E-state index >= 15 is 0 Å². The van der Waals surface area contributed by atoms with Crippen molar-refractivity contribution in [2.24, 2.45) is 0 Å². The molecule has 3 aromatic carbocycles. The largest absolute Gasteiger partial charge is 0.494 e. The second-order valence-corrected chi connectivity index (χ2v) is 7.01. The van der Waals surface area contributed by atoms with Crippen LogP contribution in [0.3, 0.4) is 0 Å². The highest BCUT2D eigenvalue weighted by Crippen LogP contribution is 2.23. The van der Waals surface area contributed by atoms with E-state index in [1.165, 1.54) is 0 Å². The summed E-state index contributed by atoms with van der Waals surface area (Å²) >= 11 is 3.37. The van der Waals surface area contributed by atoms with Crippen molar-refractivity contribution >= 4 is 21.9 Å². The maximum atomic E-state index is 12.0. The van der Waals surface area contributed by atoms with Gasteiger partial charge in [-0.25, -0.2) is 0 Å². The molecule has 0 radical (unpaired) electrons. The van der Waals surface area contributed by atoms with E-state index in [2.05, 4.69) is 22.0 Å². The van der Waals surface area contributed by atoms with Crippen LogP contribution in [0.5, 0.6) is 11.5 Å². The third-order valence-corrected chi connectivity index (χ3v) is 4.57. The van der Waals surface area contributed by atoms with Crippen molar-refractivity contribution in [3.05, 3.63) is 82.8 Å². The molecule has 0 aliphatic rings. The maximum Gasteiger partial charge on any atom is 0.311 e. The number of rotatable bonds is 7. The Morgan fingerprint density at radius 2 is 1.43 bits per heavy atom. The third-order valence-electron chi connectivity index (χ3n) is 4.04. The van der Waals surface area contributed by atoms with Crippen LogP contribution < -0.4 is 9.47 Å². The van der Waals surface area contributed by atoms with Gasteiger partial charge in [0.1, 0.15) is 11.5 Å². The van der Waals surface area contributed by atoms with Crippen LogP contribution in [0, 0.1) is 11.3 Å². The lowest BCUT2D eigenvalue weighted by Gasteiger charge is -2.07. The first kappa shape index (κ1) is 19.7. The first-order chi connectivity index (χ1) is 13.6. The minimum Gasteiger partial charge on any atom is -0.494 e. The minimum absolute atomic E-state index is 0.286. The van der Waals surface area contributed by atoms with Crippen LogP contribution in [0.15, 0.2) is 77.3 Å². The van der Waals surface area contributed by atoms with Crippen LogP contribution in [0.4, 0.5) is 0 Å². The summed E-state index contributed by atoms with van der Waals surface area (Å²) in [5.41, 5.74) is 2.62. The monoisotopic (exact) mass is 435 g/mol. The highest BCUT2D eigenvalue weighted by Gasteiger charge is 2.06. The molecule has 0 aliphatic heterocycles. The van der Waals surface area contributed by atoms with E-state index < -0.39 is 0 Å². The zero-order valence-electron chi connectivity index (χ0n) is 15.1. The number of carbonyl (C=O) groups excluding carboxylic acids is 1. The predicted octanol–water partition coefficient (Wildman–Crippen LogP) is 5.75. The molecule has 0 amide bonds. The number of nitrogens with zero attached hydrogens (tertiary/aromatic N) is 1. The lowest BCUT2D eigenvalue weighted by Crippen LogP contribution is -2.09. The Kier molecular flexibility index (Phi) is 6.83. The summed E-state index contributed by atoms with van der Waals surface area (Å²) in [5.74, 6) is 0.997. The molecular formula is C23H18BrNO3. The fourth-order valence-corrected chi connectivity index (χ4v) is 2.84. The molecule has 0 heterocycles. The van der Waals surface area contributed by atoms with Gasteiger partial charge in [-0.2, -0.15) is 5.26 Å². The molecule has 3 rings (SSSR count). The normalized spacial score (nSPS) is 10.1. The van der Waals surface area contributed by atoms with Gasteiger partial charge in [-0.1, -0.05) is 40.2 Å². The summed E-state index contributed by atoms with van der Waals surface area (Å²) < 4.78 is 12.0. The molecule has 0 fully saturated rings. The molecule has 0 atom stereocenters. The van der Waals surface area contributed by atoms with Crippen LogP contribution in [-0.4, -0.2) is 12.6 Å². The molecule has 140 valence electrons. The maximum absolute atomic E-state index is 12.0. The molecule has 0 saturated carbocycles.